The second-order valence-electron chi connectivity index (χ2n) is 8.24. The lowest BCUT2D eigenvalue weighted by atomic mass is 9.97. The molecule has 3 N–H and O–H groups in total. The maximum absolute atomic E-state index is 13.1. The molecule has 174 valence electrons. The Kier molecular flexibility index (Phi) is 6.48. The number of para-hydroxylation sites is 1. The molecule has 4 aromatic rings. The molecule has 1 fully saturated rings. The summed E-state index contributed by atoms with van der Waals surface area (Å²) in [4.78, 5) is 35.1. The highest BCUT2D eigenvalue weighted by atomic mass is 32.1. The molecule has 1 aliphatic heterocycles. The number of piperidine rings is 1. The monoisotopic (exact) mass is 475 g/mol. The Balaban J connectivity index is 1.22. The second kappa shape index (κ2) is 10.0. The van der Waals surface area contributed by atoms with Gasteiger partial charge in [-0.3, -0.25) is 15.1 Å². The number of carbonyl (C=O) groups excluding carboxylic acids is 2. The Labute approximate surface area is 200 Å². The molecule has 0 spiro atoms. The minimum atomic E-state index is -0.355. The quantitative estimate of drug-likeness (QED) is 0.387. The fourth-order valence-electron chi connectivity index (χ4n) is 4.42. The maximum Gasteiger partial charge on any atom is 0.323 e. The molecule has 1 atom stereocenters. The molecule has 4 heterocycles. The van der Waals surface area contributed by atoms with Crippen molar-refractivity contribution in [3.63, 3.8) is 0 Å². The molecule has 5 rings (SSSR count). The smallest absolute Gasteiger partial charge is 0.323 e. The Bertz CT molecular complexity index is 1290. The van der Waals surface area contributed by atoms with Gasteiger partial charge >= 0.3 is 6.03 Å². The molecule has 0 unspecified atom stereocenters. The number of likely N-dealkylation sites (tertiary alicyclic amines) is 1. The molecule has 1 aliphatic rings. The lowest BCUT2D eigenvalue weighted by molar-refractivity contribution is 0.0950. The van der Waals surface area contributed by atoms with E-state index in [2.05, 4.69) is 36.3 Å². The summed E-state index contributed by atoms with van der Waals surface area (Å²) in [6.07, 6.45) is 9.03. The average Bonchev–Trinajstić information content (AvgIpc) is 3.52. The van der Waals surface area contributed by atoms with E-state index in [4.69, 9.17) is 0 Å². The topological polar surface area (TPSA) is 116 Å². The van der Waals surface area contributed by atoms with Crippen molar-refractivity contribution in [3.8, 4) is 0 Å². The van der Waals surface area contributed by atoms with E-state index in [0.29, 0.717) is 24.5 Å². The van der Waals surface area contributed by atoms with Crippen molar-refractivity contribution in [3.05, 3.63) is 71.8 Å². The highest BCUT2D eigenvalue weighted by molar-refractivity contribution is 7.10. The summed E-state index contributed by atoms with van der Waals surface area (Å²) in [5, 5.41) is 11.2. The molecule has 0 saturated carbocycles. The predicted molar refractivity (Wildman–Crippen MR) is 131 cm³/mol. The third-order valence-corrected chi connectivity index (χ3v) is 6.75. The number of aromatic nitrogens is 4. The highest BCUT2D eigenvalue weighted by Crippen LogP contribution is 2.31. The summed E-state index contributed by atoms with van der Waals surface area (Å²) in [6, 6.07) is 11.6. The standard InChI is InChI=1S/C24H25N7O2S/c32-22(26-12-10-16-15-27-19-8-2-1-7-18(16)19)21-23(34-30-29-21)28-24(33)31-13-4-3-9-20(31)17-6-5-11-25-14-17/h1-2,5-8,11,14-15,20,27H,3-4,9-10,12-13H2,(H,26,32)(H,28,33)/t20-/m0/s1. The van der Waals surface area contributed by atoms with Gasteiger partial charge in [0.1, 0.15) is 0 Å². The molecule has 10 heteroatoms. The lowest BCUT2D eigenvalue weighted by Crippen LogP contribution is -2.41. The number of aromatic amines is 1. The Morgan fingerprint density at radius 2 is 2.09 bits per heavy atom. The molecule has 1 saturated heterocycles. The number of nitrogens with one attached hydrogen (secondary N) is 3. The van der Waals surface area contributed by atoms with E-state index in [1.165, 1.54) is 0 Å². The second-order valence-corrected chi connectivity index (χ2v) is 8.99. The van der Waals surface area contributed by atoms with Crippen molar-refractivity contribution < 1.29 is 9.59 Å². The summed E-state index contributed by atoms with van der Waals surface area (Å²) in [7, 11) is 0. The average molecular weight is 476 g/mol. The number of hydrogen-bond acceptors (Lipinski definition) is 6. The van der Waals surface area contributed by atoms with Gasteiger partial charge in [0.15, 0.2) is 10.7 Å². The van der Waals surface area contributed by atoms with Gasteiger partial charge in [0.25, 0.3) is 5.91 Å². The number of benzene rings is 1. The molecule has 3 amide bonds. The van der Waals surface area contributed by atoms with Crippen molar-refractivity contribution in [2.24, 2.45) is 0 Å². The van der Waals surface area contributed by atoms with Crippen LogP contribution >= 0.6 is 11.5 Å². The minimum absolute atomic E-state index is 0.0446. The third kappa shape index (κ3) is 4.62. The first-order valence-electron chi connectivity index (χ1n) is 11.3. The van der Waals surface area contributed by atoms with Crippen LogP contribution in [-0.4, -0.2) is 49.5 Å². The number of amides is 3. The first-order chi connectivity index (χ1) is 16.7. The SMILES string of the molecule is O=C(NCCc1c[nH]c2ccccc12)c1nnsc1NC(=O)N1CCCC[C@H]1c1cccnc1. The lowest BCUT2D eigenvalue weighted by Gasteiger charge is -2.35. The van der Waals surface area contributed by atoms with Crippen LogP contribution in [0.25, 0.3) is 10.9 Å². The van der Waals surface area contributed by atoms with Gasteiger partial charge in [-0.15, -0.1) is 5.10 Å². The first kappa shape index (κ1) is 22.0. The normalized spacial score (nSPS) is 15.9. The zero-order valence-corrected chi connectivity index (χ0v) is 19.3. The largest absolute Gasteiger partial charge is 0.361 e. The van der Waals surface area contributed by atoms with E-state index in [0.717, 1.165) is 52.8 Å². The van der Waals surface area contributed by atoms with Crippen LogP contribution in [0.3, 0.4) is 0 Å². The highest BCUT2D eigenvalue weighted by Gasteiger charge is 2.29. The van der Waals surface area contributed by atoms with E-state index in [-0.39, 0.29) is 23.7 Å². The molecule has 34 heavy (non-hydrogen) atoms. The van der Waals surface area contributed by atoms with Gasteiger partial charge in [-0.05, 0) is 48.9 Å². The van der Waals surface area contributed by atoms with Gasteiger partial charge in [0.05, 0.1) is 6.04 Å². The summed E-state index contributed by atoms with van der Waals surface area (Å²) < 4.78 is 3.90. The van der Waals surface area contributed by atoms with Crippen LogP contribution < -0.4 is 10.6 Å². The third-order valence-electron chi connectivity index (χ3n) is 6.11. The number of H-pyrrole nitrogens is 1. The van der Waals surface area contributed by atoms with Crippen molar-refractivity contribution >= 4 is 39.4 Å². The summed E-state index contributed by atoms with van der Waals surface area (Å²) in [5.74, 6) is -0.355. The van der Waals surface area contributed by atoms with Gasteiger partial charge in [0, 0.05) is 54.1 Å². The number of nitrogens with zero attached hydrogens (tertiary/aromatic N) is 4. The Morgan fingerprint density at radius 1 is 1.18 bits per heavy atom. The zero-order chi connectivity index (χ0) is 23.3. The van der Waals surface area contributed by atoms with E-state index < -0.39 is 0 Å². The fourth-order valence-corrected chi connectivity index (χ4v) is 4.97. The fraction of sp³-hybridized carbons (Fsp3) is 0.292. The summed E-state index contributed by atoms with van der Waals surface area (Å²) in [6.45, 7) is 1.09. The van der Waals surface area contributed by atoms with E-state index in [1.807, 2.05) is 36.5 Å². The molecule has 1 aromatic carbocycles. The Hall–Kier alpha value is -3.79. The van der Waals surface area contributed by atoms with E-state index in [1.54, 1.807) is 17.3 Å². The minimum Gasteiger partial charge on any atom is -0.361 e. The maximum atomic E-state index is 13.1. The van der Waals surface area contributed by atoms with E-state index >= 15 is 0 Å². The number of hydrogen-bond donors (Lipinski definition) is 3. The van der Waals surface area contributed by atoms with Gasteiger partial charge in [-0.1, -0.05) is 28.8 Å². The van der Waals surface area contributed by atoms with Crippen LogP contribution in [-0.2, 0) is 6.42 Å². The zero-order valence-electron chi connectivity index (χ0n) is 18.5. The van der Waals surface area contributed by atoms with Crippen molar-refractivity contribution in [2.45, 2.75) is 31.7 Å². The van der Waals surface area contributed by atoms with Crippen LogP contribution in [0, 0.1) is 0 Å². The van der Waals surface area contributed by atoms with Gasteiger partial charge < -0.3 is 15.2 Å². The van der Waals surface area contributed by atoms with Crippen LogP contribution in [0.2, 0.25) is 0 Å². The van der Waals surface area contributed by atoms with Gasteiger partial charge in [-0.25, -0.2) is 4.79 Å². The summed E-state index contributed by atoms with van der Waals surface area (Å²) >= 11 is 1.00. The number of anilines is 1. The number of rotatable bonds is 6. The molecular weight excluding hydrogens is 450 g/mol. The van der Waals surface area contributed by atoms with Gasteiger partial charge in [0.2, 0.25) is 0 Å². The van der Waals surface area contributed by atoms with E-state index in [9.17, 15) is 9.59 Å². The molecule has 0 radical (unpaired) electrons. The molecule has 9 nitrogen and oxygen atoms in total. The Morgan fingerprint density at radius 3 is 2.97 bits per heavy atom. The molecule has 0 bridgehead atoms. The number of fused-ring (bicyclic) bond motifs is 1. The van der Waals surface area contributed by atoms with Crippen LogP contribution in [0.5, 0.6) is 0 Å². The predicted octanol–water partition coefficient (Wildman–Crippen LogP) is 4.15. The van der Waals surface area contributed by atoms with Crippen LogP contribution in [0.4, 0.5) is 9.80 Å². The molecular formula is C24H25N7O2S. The number of urea groups is 1. The van der Waals surface area contributed by atoms with Crippen molar-refractivity contribution in [2.75, 3.05) is 18.4 Å². The molecule has 0 aliphatic carbocycles. The summed E-state index contributed by atoms with van der Waals surface area (Å²) in [5.41, 5.74) is 3.34. The van der Waals surface area contributed by atoms with Crippen molar-refractivity contribution in [1.29, 1.82) is 0 Å². The number of pyridine rings is 1. The van der Waals surface area contributed by atoms with Crippen LogP contribution in [0.1, 0.15) is 46.9 Å². The molecule has 3 aromatic heterocycles. The number of carbonyl (C=O) groups is 2. The van der Waals surface area contributed by atoms with Crippen LogP contribution in [0.15, 0.2) is 55.0 Å². The van der Waals surface area contributed by atoms with Crippen molar-refractivity contribution in [1.82, 2.24) is 29.8 Å². The first-order valence-corrected chi connectivity index (χ1v) is 12.1. The van der Waals surface area contributed by atoms with Gasteiger partial charge in [-0.2, -0.15) is 0 Å².